The number of esters is 1. The summed E-state index contributed by atoms with van der Waals surface area (Å²) in [7, 11) is 1.32. The minimum atomic E-state index is -0.431. The predicted octanol–water partition coefficient (Wildman–Crippen LogP) is 1.78. The van der Waals surface area contributed by atoms with Gasteiger partial charge in [-0.3, -0.25) is 4.79 Å². The average Bonchev–Trinajstić information content (AvgIpc) is 2.70. The number of thiophene rings is 1. The number of hydrogen-bond acceptors (Lipinski definition) is 5. The van der Waals surface area contributed by atoms with Crippen LogP contribution in [-0.4, -0.2) is 31.6 Å². The van der Waals surface area contributed by atoms with E-state index in [9.17, 15) is 9.59 Å². The van der Waals surface area contributed by atoms with Crippen LogP contribution in [0.3, 0.4) is 0 Å². The zero-order valence-electron chi connectivity index (χ0n) is 11.0. The van der Waals surface area contributed by atoms with Crippen molar-refractivity contribution in [1.29, 1.82) is 0 Å². The van der Waals surface area contributed by atoms with Crippen LogP contribution in [0.5, 0.6) is 0 Å². The molecule has 18 heavy (non-hydrogen) atoms. The van der Waals surface area contributed by atoms with Gasteiger partial charge in [-0.1, -0.05) is 6.92 Å². The molecule has 1 aromatic heterocycles. The van der Waals surface area contributed by atoms with E-state index in [4.69, 9.17) is 0 Å². The van der Waals surface area contributed by atoms with Gasteiger partial charge >= 0.3 is 5.97 Å². The molecule has 0 aliphatic carbocycles. The first-order chi connectivity index (χ1) is 8.51. The monoisotopic (exact) mass is 270 g/mol. The van der Waals surface area contributed by atoms with Gasteiger partial charge in [0, 0.05) is 0 Å². The molecule has 0 bridgehead atoms. The van der Waals surface area contributed by atoms with Gasteiger partial charge in [0.2, 0.25) is 5.91 Å². The van der Waals surface area contributed by atoms with Gasteiger partial charge in [0.05, 0.1) is 18.8 Å². The molecule has 0 aliphatic rings. The summed E-state index contributed by atoms with van der Waals surface area (Å²) in [5.74, 6) is -0.594. The molecule has 0 aliphatic heterocycles. The van der Waals surface area contributed by atoms with Gasteiger partial charge < -0.3 is 15.4 Å². The molecule has 6 heteroatoms. The van der Waals surface area contributed by atoms with E-state index in [1.54, 1.807) is 6.92 Å². The zero-order valence-corrected chi connectivity index (χ0v) is 11.8. The Labute approximate surface area is 111 Å². The topological polar surface area (TPSA) is 67.4 Å². The van der Waals surface area contributed by atoms with Crippen LogP contribution in [0.15, 0.2) is 5.38 Å². The van der Waals surface area contributed by atoms with E-state index in [0.717, 1.165) is 5.56 Å². The Hall–Kier alpha value is -1.40. The van der Waals surface area contributed by atoms with Gasteiger partial charge in [-0.05, 0) is 31.3 Å². The van der Waals surface area contributed by atoms with Crippen LogP contribution in [0.4, 0.5) is 5.69 Å². The summed E-state index contributed by atoms with van der Waals surface area (Å²) in [5, 5.41) is 7.60. The number of likely N-dealkylation sites (N-methyl/N-ethyl adjacent to an activating group) is 1. The fourth-order valence-electron chi connectivity index (χ4n) is 1.47. The highest BCUT2D eigenvalue weighted by Crippen LogP contribution is 2.28. The summed E-state index contributed by atoms with van der Waals surface area (Å²) < 4.78 is 4.68. The Morgan fingerprint density at radius 3 is 2.72 bits per heavy atom. The van der Waals surface area contributed by atoms with E-state index >= 15 is 0 Å². The number of carbonyl (C=O) groups excluding carboxylic acids is 2. The Balaban J connectivity index is 2.87. The second-order valence-corrected chi connectivity index (χ2v) is 4.76. The van der Waals surface area contributed by atoms with E-state index in [-0.39, 0.29) is 11.9 Å². The highest BCUT2D eigenvalue weighted by molar-refractivity contribution is 7.12. The van der Waals surface area contributed by atoms with E-state index in [0.29, 0.717) is 17.1 Å². The van der Waals surface area contributed by atoms with Crippen molar-refractivity contribution >= 4 is 28.9 Å². The van der Waals surface area contributed by atoms with Crippen LogP contribution in [0.1, 0.15) is 29.1 Å². The Morgan fingerprint density at radius 2 is 2.17 bits per heavy atom. The van der Waals surface area contributed by atoms with Gasteiger partial charge in [-0.15, -0.1) is 11.3 Å². The molecular formula is C12H18N2O3S. The highest BCUT2D eigenvalue weighted by Gasteiger charge is 2.20. The number of carbonyl (C=O) groups is 2. The first-order valence-corrected chi connectivity index (χ1v) is 6.59. The minimum absolute atomic E-state index is 0.163. The van der Waals surface area contributed by atoms with Gasteiger partial charge in [0.1, 0.15) is 4.88 Å². The molecular weight excluding hydrogens is 252 g/mol. The average molecular weight is 270 g/mol. The molecule has 0 aromatic carbocycles. The van der Waals surface area contributed by atoms with E-state index in [1.165, 1.54) is 18.4 Å². The van der Waals surface area contributed by atoms with Gasteiger partial charge in [-0.25, -0.2) is 4.79 Å². The van der Waals surface area contributed by atoms with Crippen molar-refractivity contribution in [3.8, 4) is 0 Å². The third-order valence-corrected chi connectivity index (χ3v) is 3.58. The summed E-state index contributed by atoms with van der Waals surface area (Å²) >= 11 is 1.27. The molecule has 5 nitrogen and oxygen atoms in total. The lowest BCUT2D eigenvalue weighted by molar-refractivity contribution is -0.117. The van der Waals surface area contributed by atoms with Crippen molar-refractivity contribution in [2.45, 2.75) is 26.8 Å². The lowest BCUT2D eigenvalue weighted by Crippen LogP contribution is -2.38. The van der Waals surface area contributed by atoms with Crippen molar-refractivity contribution in [3.05, 3.63) is 15.8 Å². The SMILES string of the molecule is CCNC(C)C(=O)Nc1c(C)csc1C(=O)OC. The molecule has 0 saturated carbocycles. The molecule has 1 rings (SSSR count). The number of rotatable bonds is 5. The minimum Gasteiger partial charge on any atom is -0.465 e. The Bertz CT molecular complexity index is 443. The van der Waals surface area contributed by atoms with Crippen LogP contribution < -0.4 is 10.6 Å². The van der Waals surface area contributed by atoms with E-state index < -0.39 is 5.97 Å². The number of methoxy groups -OCH3 is 1. The summed E-state index contributed by atoms with van der Waals surface area (Å²) in [5.41, 5.74) is 1.40. The third kappa shape index (κ3) is 3.30. The lowest BCUT2D eigenvalue weighted by Gasteiger charge is -2.13. The summed E-state index contributed by atoms with van der Waals surface area (Å²) in [6.07, 6.45) is 0. The van der Waals surface area contributed by atoms with Gasteiger partial charge in [0.25, 0.3) is 0 Å². The maximum Gasteiger partial charge on any atom is 0.350 e. The maximum atomic E-state index is 11.9. The molecule has 1 atom stereocenters. The van der Waals surface area contributed by atoms with Gasteiger partial charge in [0.15, 0.2) is 0 Å². The molecule has 1 amide bonds. The molecule has 100 valence electrons. The fourth-order valence-corrected chi connectivity index (χ4v) is 2.39. The van der Waals surface area contributed by atoms with Crippen LogP contribution in [0, 0.1) is 6.92 Å². The molecule has 0 radical (unpaired) electrons. The standard InChI is InChI=1S/C12H18N2O3S/c1-5-13-8(3)11(15)14-9-7(2)6-18-10(9)12(16)17-4/h6,8,13H,5H2,1-4H3,(H,14,15). The summed E-state index contributed by atoms with van der Waals surface area (Å²) in [4.78, 5) is 23.9. The van der Waals surface area contributed by atoms with Crippen LogP contribution in [-0.2, 0) is 9.53 Å². The third-order valence-electron chi connectivity index (χ3n) is 2.50. The number of hydrogen-bond donors (Lipinski definition) is 2. The van der Waals surface area contributed by atoms with Crippen molar-refractivity contribution in [3.63, 3.8) is 0 Å². The smallest absolute Gasteiger partial charge is 0.350 e. The number of aryl methyl sites for hydroxylation is 1. The Morgan fingerprint density at radius 1 is 1.50 bits per heavy atom. The maximum absolute atomic E-state index is 11.9. The van der Waals surface area contributed by atoms with Crippen molar-refractivity contribution in [2.24, 2.45) is 0 Å². The molecule has 0 fully saturated rings. The van der Waals surface area contributed by atoms with Gasteiger partial charge in [-0.2, -0.15) is 0 Å². The summed E-state index contributed by atoms with van der Waals surface area (Å²) in [6.45, 7) is 6.26. The first kappa shape index (κ1) is 14.7. The fraction of sp³-hybridized carbons (Fsp3) is 0.500. The molecule has 1 aromatic rings. The number of amides is 1. The van der Waals surface area contributed by atoms with Crippen LogP contribution in [0.2, 0.25) is 0 Å². The first-order valence-electron chi connectivity index (χ1n) is 5.71. The second kappa shape index (κ2) is 6.51. The second-order valence-electron chi connectivity index (χ2n) is 3.88. The van der Waals surface area contributed by atoms with E-state index in [2.05, 4.69) is 15.4 Å². The molecule has 1 unspecified atom stereocenters. The summed E-state index contributed by atoms with van der Waals surface area (Å²) in [6, 6.07) is -0.306. The molecule has 1 heterocycles. The van der Waals surface area contributed by atoms with E-state index in [1.807, 2.05) is 19.2 Å². The lowest BCUT2D eigenvalue weighted by atomic mass is 10.2. The molecule has 0 spiro atoms. The largest absolute Gasteiger partial charge is 0.465 e. The zero-order chi connectivity index (χ0) is 13.7. The predicted molar refractivity (Wildman–Crippen MR) is 72.2 cm³/mol. The van der Waals surface area contributed by atoms with Crippen molar-refractivity contribution in [1.82, 2.24) is 5.32 Å². The molecule has 0 saturated heterocycles. The van der Waals surface area contributed by atoms with Crippen LogP contribution >= 0.6 is 11.3 Å². The quantitative estimate of drug-likeness (QED) is 0.800. The normalized spacial score (nSPS) is 12.0. The highest BCUT2D eigenvalue weighted by atomic mass is 32.1. The number of anilines is 1. The molecule has 2 N–H and O–H groups in total. The number of nitrogens with one attached hydrogen (secondary N) is 2. The van der Waals surface area contributed by atoms with Crippen molar-refractivity contribution in [2.75, 3.05) is 19.0 Å². The number of ether oxygens (including phenoxy) is 1. The van der Waals surface area contributed by atoms with Crippen LogP contribution in [0.25, 0.3) is 0 Å². The van der Waals surface area contributed by atoms with Crippen molar-refractivity contribution < 1.29 is 14.3 Å². The Kier molecular flexibility index (Phi) is 5.30.